The number of halogens is 1. The van der Waals surface area contributed by atoms with Crippen molar-refractivity contribution in [1.29, 1.82) is 0 Å². The Labute approximate surface area is 94.1 Å². The summed E-state index contributed by atoms with van der Waals surface area (Å²) in [4.78, 5) is 10.7. The molecule has 1 atom stereocenters. The summed E-state index contributed by atoms with van der Waals surface area (Å²) < 4.78 is 0. The third-order valence-electron chi connectivity index (χ3n) is 2.16. The van der Waals surface area contributed by atoms with Gasteiger partial charge in [-0.1, -0.05) is 17.7 Å². The van der Waals surface area contributed by atoms with Gasteiger partial charge in [-0.2, -0.15) is 0 Å². The Morgan fingerprint density at radius 1 is 1.47 bits per heavy atom. The number of aliphatic carboxylic acids is 1. The Morgan fingerprint density at radius 2 is 2.07 bits per heavy atom. The van der Waals surface area contributed by atoms with Gasteiger partial charge in [-0.3, -0.25) is 4.79 Å². The van der Waals surface area contributed by atoms with Crippen LogP contribution in [-0.4, -0.2) is 17.1 Å². The first-order valence-electron chi connectivity index (χ1n) is 4.68. The van der Waals surface area contributed by atoms with Crippen molar-refractivity contribution in [2.45, 2.75) is 26.8 Å². The minimum absolute atomic E-state index is 0.556. The Hall–Kier alpha value is -1.22. The highest BCUT2D eigenvalue weighted by atomic mass is 35.5. The van der Waals surface area contributed by atoms with Crippen molar-refractivity contribution in [1.82, 2.24) is 0 Å². The molecule has 0 aliphatic rings. The minimum Gasteiger partial charge on any atom is -0.480 e. The molecule has 3 nitrogen and oxygen atoms in total. The number of aryl methyl sites for hydroxylation is 2. The van der Waals surface area contributed by atoms with Crippen molar-refractivity contribution in [2.75, 3.05) is 5.32 Å². The van der Waals surface area contributed by atoms with Gasteiger partial charge >= 0.3 is 5.97 Å². The van der Waals surface area contributed by atoms with Gasteiger partial charge in [0.2, 0.25) is 0 Å². The molecule has 0 bridgehead atoms. The maximum absolute atomic E-state index is 10.7. The molecule has 0 heterocycles. The predicted molar refractivity (Wildman–Crippen MR) is 61.6 cm³/mol. The maximum atomic E-state index is 10.7. The van der Waals surface area contributed by atoms with E-state index in [4.69, 9.17) is 16.7 Å². The highest BCUT2D eigenvalue weighted by molar-refractivity contribution is 6.33. The van der Waals surface area contributed by atoms with Crippen LogP contribution in [-0.2, 0) is 4.79 Å². The van der Waals surface area contributed by atoms with E-state index in [1.165, 1.54) is 0 Å². The average molecular weight is 228 g/mol. The summed E-state index contributed by atoms with van der Waals surface area (Å²) >= 11 is 6.03. The Bertz CT molecular complexity index is 367. The normalized spacial score (nSPS) is 12.3. The summed E-state index contributed by atoms with van der Waals surface area (Å²) in [6, 6.07) is 3.12. The van der Waals surface area contributed by atoms with Gasteiger partial charge in [-0.05, 0) is 38.0 Å². The molecule has 0 saturated heterocycles. The number of benzene rings is 1. The molecular weight excluding hydrogens is 214 g/mol. The number of carboxylic acids is 1. The number of rotatable bonds is 3. The fourth-order valence-corrected chi connectivity index (χ4v) is 1.75. The first kappa shape index (κ1) is 11.9. The molecule has 2 N–H and O–H groups in total. The van der Waals surface area contributed by atoms with E-state index >= 15 is 0 Å². The number of carboxylic acid groups (broad SMARTS) is 1. The van der Waals surface area contributed by atoms with Gasteiger partial charge in [0.05, 0.1) is 10.7 Å². The third-order valence-corrected chi connectivity index (χ3v) is 2.46. The van der Waals surface area contributed by atoms with Crippen LogP contribution in [0.3, 0.4) is 0 Å². The molecule has 0 radical (unpaired) electrons. The lowest BCUT2D eigenvalue weighted by molar-refractivity contribution is -0.137. The zero-order chi connectivity index (χ0) is 11.6. The molecule has 15 heavy (non-hydrogen) atoms. The maximum Gasteiger partial charge on any atom is 0.325 e. The summed E-state index contributed by atoms with van der Waals surface area (Å²) in [5.41, 5.74) is 2.70. The topological polar surface area (TPSA) is 49.3 Å². The summed E-state index contributed by atoms with van der Waals surface area (Å²) in [6.07, 6.45) is 0. The van der Waals surface area contributed by atoms with Crippen LogP contribution in [0, 0.1) is 13.8 Å². The van der Waals surface area contributed by atoms with E-state index in [0.717, 1.165) is 11.1 Å². The summed E-state index contributed by atoms with van der Waals surface area (Å²) in [5.74, 6) is -0.897. The van der Waals surface area contributed by atoms with Gasteiger partial charge in [0.25, 0.3) is 0 Å². The molecule has 0 fully saturated rings. The van der Waals surface area contributed by atoms with Crippen molar-refractivity contribution in [2.24, 2.45) is 0 Å². The third kappa shape index (κ3) is 2.86. The molecule has 0 saturated carbocycles. The van der Waals surface area contributed by atoms with Crippen LogP contribution in [0.15, 0.2) is 12.1 Å². The lowest BCUT2D eigenvalue weighted by atomic mass is 10.1. The van der Waals surface area contributed by atoms with E-state index in [9.17, 15) is 4.79 Å². The molecule has 0 aliphatic heterocycles. The molecule has 4 heteroatoms. The Balaban J connectivity index is 3.00. The lowest BCUT2D eigenvalue weighted by Gasteiger charge is -2.15. The molecular formula is C11H14ClNO2. The van der Waals surface area contributed by atoms with Crippen LogP contribution in [0.2, 0.25) is 5.02 Å². The monoisotopic (exact) mass is 227 g/mol. The van der Waals surface area contributed by atoms with E-state index in [0.29, 0.717) is 10.7 Å². The molecule has 1 aromatic rings. The molecule has 0 amide bonds. The number of hydrogen-bond acceptors (Lipinski definition) is 2. The van der Waals surface area contributed by atoms with E-state index in [1.807, 2.05) is 26.0 Å². The highest BCUT2D eigenvalue weighted by Gasteiger charge is 2.13. The van der Waals surface area contributed by atoms with Crippen molar-refractivity contribution >= 4 is 23.3 Å². The second kappa shape index (κ2) is 4.53. The van der Waals surface area contributed by atoms with E-state index < -0.39 is 12.0 Å². The van der Waals surface area contributed by atoms with E-state index in [2.05, 4.69) is 5.32 Å². The van der Waals surface area contributed by atoms with Crippen molar-refractivity contribution < 1.29 is 9.90 Å². The van der Waals surface area contributed by atoms with Crippen LogP contribution in [0.5, 0.6) is 0 Å². The zero-order valence-corrected chi connectivity index (χ0v) is 9.72. The van der Waals surface area contributed by atoms with Crippen LogP contribution < -0.4 is 5.32 Å². The fourth-order valence-electron chi connectivity index (χ4n) is 1.38. The van der Waals surface area contributed by atoms with Gasteiger partial charge in [0.1, 0.15) is 6.04 Å². The summed E-state index contributed by atoms with van der Waals surface area (Å²) in [7, 11) is 0. The quantitative estimate of drug-likeness (QED) is 0.835. The van der Waals surface area contributed by atoms with Crippen LogP contribution >= 0.6 is 11.6 Å². The largest absolute Gasteiger partial charge is 0.480 e. The summed E-state index contributed by atoms with van der Waals surface area (Å²) in [5, 5.41) is 12.2. The van der Waals surface area contributed by atoms with Gasteiger partial charge in [-0.25, -0.2) is 0 Å². The van der Waals surface area contributed by atoms with E-state index in [-0.39, 0.29) is 0 Å². The molecule has 1 rings (SSSR count). The molecule has 0 aromatic heterocycles. The predicted octanol–water partition coefficient (Wildman–Crippen LogP) is 2.84. The SMILES string of the molecule is Cc1cc(C)c(NC(C)C(=O)O)c(Cl)c1. The first-order valence-corrected chi connectivity index (χ1v) is 5.05. The molecule has 1 unspecified atom stereocenters. The van der Waals surface area contributed by atoms with E-state index in [1.54, 1.807) is 6.92 Å². The van der Waals surface area contributed by atoms with Crippen molar-refractivity contribution in [3.63, 3.8) is 0 Å². The average Bonchev–Trinajstić information content (AvgIpc) is 2.10. The molecule has 82 valence electrons. The highest BCUT2D eigenvalue weighted by Crippen LogP contribution is 2.27. The standard InChI is InChI=1S/C11H14ClNO2/c1-6-4-7(2)10(9(12)5-6)13-8(3)11(14)15/h4-5,8,13H,1-3H3,(H,14,15). The summed E-state index contributed by atoms with van der Waals surface area (Å²) in [6.45, 7) is 5.43. The first-order chi connectivity index (χ1) is 6.91. The lowest BCUT2D eigenvalue weighted by Crippen LogP contribution is -2.25. The second-order valence-electron chi connectivity index (χ2n) is 3.64. The van der Waals surface area contributed by atoms with Crippen molar-refractivity contribution in [3.8, 4) is 0 Å². The number of nitrogens with one attached hydrogen (secondary N) is 1. The minimum atomic E-state index is -0.897. The molecule has 1 aromatic carbocycles. The molecule has 0 spiro atoms. The Morgan fingerprint density at radius 3 is 2.53 bits per heavy atom. The van der Waals surface area contributed by atoms with Gasteiger partial charge in [0, 0.05) is 0 Å². The van der Waals surface area contributed by atoms with Crippen LogP contribution in [0.1, 0.15) is 18.1 Å². The van der Waals surface area contributed by atoms with Gasteiger partial charge in [-0.15, -0.1) is 0 Å². The number of anilines is 1. The van der Waals surface area contributed by atoms with Crippen molar-refractivity contribution in [3.05, 3.63) is 28.3 Å². The smallest absolute Gasteiger partial charge is 0.325 e. The second-order valence-corrected chi connectivity index (χ2v) is 4.05. The fraction of sp³-hybridized carbons (Fsp3) is 0.364. The Kier molecular flexibility index (Phi) is 3.58. The number of hydrogen-bond donors (Lipinski definition) is 2. The van der Waals surface area contributed by atoms with Gasteiger partial charge in [0.15, 0.2) is 0 Å². The van der Waals surface area contributed by atoms with Crippen LogP contribution in [0.4, 0.5) is 5.69 Å². The van der Waals surface area contributed by atoms with Crippen LogP contribution in [0.25, 0.3) is 0 Å². The molecule has 0 aliphatic carbocycles. The van der Waals surface area contributed by atoms with Gasteiger partial charge < -0.3 is 10.4 Å². The number of carbonyl (C=O) groups is 1. The zero-order valence-electron chi connectivity index (χ0n) is 8.97.